The van der Waals surface area contributed by atoms with E-state index in [9.17, 15) is 14.5 Å². The number of ether oxygens (including phenoxy) is 2. The van der Waals surface area contributed by atoms with E-state index in [1.807, 2.05) is 0 Å². The number of aliphatic hydroxyl groups excluding tert-OH is 1. The first-order valence-corrected chi connectivity index (χ1v) is 13.9. The van der Waals surface area contributed by atoms with Crippen LogP contribution >= 0.6 is 19.3 Å². The van der Waals surface area contributed by atoms with Crippen LogP contribution in [0.5, 0.6) is 5.75 Å². The quantitative estimate of drug-likeness (QED) is 0.187. The molecule has 0 saturated carbocycles. The highest BCUT2D eigenvalue weighted by Gasteiger charge is 2.54. The zero-order valence-electron chi connectivity index (χ0n) is 21.4. The Morgan fingerprint density at radius 3 is 2.68 bits per heavy atom. The number of hydrogen-bond donors (Lipinski definition) is 3. The van der Waals surface area contributed by atoms with Crippen molar-refractivity contribution in [2.75, 3.05) is 12.3 Å². The summed E-state index contributed by atoms with van der Waals surface area (Å²) in [5.41, 5.74) is 6.42. The van der Waals surface area contributed by atoms with Gasteiger partial charge in [-0.1, -0.05) is 18.2 Å². The van der Waals surface area contributed by atoms with Gasteiger partial charge >= 0.3 is 13.7 Å². The van der Waals surface area contributed by atoms with Gasteiger partial charge in [0.2, 0.25) is 0 Å². The van der Waals surface area contributed by atoms with Gasteiger partial charge in [-0.25, -0.2) is 14.5 Å². The van der Waals surface area contributed by atoms with Gasteiger partial charge in [0, 0.05) is 6.20 Å². The molecule has 4 rings (SSSR count). The molecule has 3 aromatic rings. The van der Waals surface area contributed by atoms with Gasteiger partial charge < -0.3 is 29.4 Å². The first-order valence-electron chi connectivity index (χ1n) is 12.0. The number of hydrogen-bond acceptors (Lipinski definition) is 10. The second-order valence-electron chi connectivity index (χ2n) is 9.38. The van der Waals surface area contributed by atoms with Crippen molar-refractivity contribution in [3.8, 4) is 5.75 Å². The van der Waals surface area contributed by atoms with Crippen molar-refractivity contribution in [2.24, 2.45) is 0 Å². The fourth-order valence-corrected chi connectivity index (χ4v) is 5.84. The molecule has 1 aliphatic rings. The molecular formula is C24H31ClN5O7P. The van der Waals surface area contributed by atoms with Gasteiger partial charge in [0.15, 0.2) is 6.23 Å². The van der Waals surface area contributed by atoms with E-state index in [4.69, 9.17) is 35.9 Å². The van der Waals surface area contributed by atoms with Gasteiger partial charge in [0.05, 0.1) is 18.1 Å². The van der Waals surface area contributed by atoms with Crippen molar-refractivity contribution < 1.29 is 33.0 Å². The number of anilines is 1. The van der Waals surface area contributed by atoms with Crippen LogP contribution in [-0.2, 0) is 23.4 Å². The second-order valence-corrected chi connectivity index (χ2v) is 11.9. The molecule has 0 amide bonds. The van der Waals surface area contributed by atoms with E-state index in [2.05, 4.69) is 15.1 Å². The summed E-state index contributed by atoms with van der Waals surface area (Å²) in [5, 5.41) is 14.2. The van der Waals surface area contributed by atoms with E-state index in [1.54, 1.807) is 67.9 Å². The molecule has 0 spiro atoms. The second kappa shape index (κ2) is 11.2. The zero-order valence-corrected chi connectivity index (χ0v) is 23.0. The number of nitrogens with two attached hydrogens (primary N) is 1. The summed E-state index contributed by atoms with van der Waals surface area (Å²) >= 11 is 6.76. The topological polar surface area (TPSA) is 160 Å². The standard InChI is InChI=1S/C24H31ClN5O7P/c1-14(2)35-22(32)15(3)29-38(33,37-16-8-6-5-7-9-16)34-12-18-19(31)24(4,25)23(36-18)30-11-10-17-20(26)27-13-28-21(17)30/h5-11,13-15,18-19,23,31H,12H2,1-4H3,(H,29,33)(H2,26,27,28)/t15-,18-,19-,23-,24-,38?/m1/s1. The fourth-order valence-electron chi connectivity index (χ4n) is 4.04. The number of nitrogens with one attached hydrogen (secondary N) is 1. The summed E-state index contributed by atoms with van der Waals surface area (Å²) in [5.74, 6) is -0.0952. The van der Waals surface area contributed by atoms with Crippen LogP contribution in [0.4, 0.5) is 5.82 Å². The molecule has 3 heterocycles. The minimum absolute atomic E-state index is 0.247. The average Bonchev–Trinajstić information content (AvgIpc) is 3.37. The molecule has 0 bridgehead atoms. The maximum absolute atomic E-state index is 13.8. The highest BCUT2D eigenvalue weighted by atomic mass is 35.5. The molecule has 12 nitrogen and oxygen atoms in total. The molecule has 1 aliphatic heterocycles. The number of benzene rings is 1. The molecular weight excluding hydrogens is 537 g/mol. The predicted molar refractivity (Wildman–Crippen MR) is 141 cm³/mol. The normalized spacial score (nSPS) is 25.8. The Bertz CT molecular complexity index is 1320. The van der Waals surface area contributed by atoms with Crippen LogP contribution in [0.1, 0.15) is 33.9 Å². The molecule has 6 atom stereocenters. The lowest BCUT2D eigenvalue weighted by Gasteiger charge is -2.27. The van der Waals surface area contributed by atoms with Gasteiger partial charge in [0.1, 0.15) is 46.7 Å². The highest BCUT2D eigenvalue weighted by Crippen LogP contribution is 2.48. The van der Waals surface area contributed by atoms with E-state index >= 15 is 0 Å². The Labute approximate surface area is 225 Å². The summed E-state index contributed by atoms with van der Waals surface area (Å²) < 4.78 is 38.0. The number of nitrogen functional groups attached to an aromatic ring is 1. The SMILES string of the molecule is CC(C)OC(=O)[C@@H](C)NP(=O)(OC[C@H]1O[C@@H](n2ccc3c(N)ncnc32)[C@](C)(Cl)[C@@H]1O)Oc1ccccc1. The number of carbonyl (C=O) groups is 1. The van der Waals surface area contributed by atoms with Crippen molar-refractivity contribution in [1.29, 1.82) is 0 Å². The Morgan fingerprint density at radius 1 is 1.29 bits per heavy atom. The third kappa shape index (κ3) is 5.96. The summed E-state index contributed by atoms with van der Waals surface area (Å²) in [7, 11) is -4.17. The van der Waals surface area contributed by atoms with Crippen molar-refractivity contribution in [2.45, 2.75) is 63.2 Å². The number of carbonyl (C=O) groups excluding carboxylic acids is 1. The van der Waals surface area contributed by atoms with E-state index < -0.39 is 43.1 Å². The minimum Gasteiger partial charge on any atom is -0.462 e. The van der Waals surface area contributed by atoms with Crippen LogP contribution in [0.2, 0.25) is 0 Å². The molecule has 0 radical (unpaired) electrons. The minimum atomic E-state index is -4.17. The van der Waals surface area contributed by atoms with Gasteiger partial charge in [-0.15, -0.1) is 11.6 Å². The first kappa shape index (κ1) is 28.3. The molecule has 1 aromatic carbocycles. The van der Waals surface area contributed by atoms with E-state index in [0.717, 1.165) is 0 Å². The van der Waals surface area contributed by atoms with Gasteiger partial charge in [-0.3, -0.25) is 9.32 Å². The number of aromatic nitrogens is 3. The number of para-hydroxylation sites is 1. The van der Waals surface area contributed by atoms with Crippen LogP contribution in [0.25, 0.3) is 11.0 Å². The summed E-state index contributed by atoms with van der Waals surface area (Å²) in [6.45, 7) is 6.12. The van der Waals surface area contributed by atoms with Crippen LogP contribution in [0.3, 0.4) is 0 Å². The van der Waals surface area contributed by atoms with Crippen LogP contribution in [0.15, 0.2) is 48.9 Å². The molecule has 1 fully saturated rings. The predicted octanol–water partition coefficient (Wildman–Crippen LogP) is 3.40. The maximum atomic E-state index is 13.8. The van der Waals surface area contributed by atoms with Crippen molar-refractivity contribution in [3.63, 3.8) is 0 Å². The third-order valence-electron chi connectivity index (χ3n) is 5.94. The van der Waals surface area contributed by atoms with Gasteiger partial charge in [-0.2, -0.15) is 5.09 Å². The van der Waals surface area contributed by atoms with Crippen LogP contribution < -0.4 is 15.3 Å². The Kier molecular flexibility index (Phi) is 8.32. The first-order chi connectivity index (χ1) is 17.9. The zero-order chi connectivity index (χ0) is 27.7. The Balaban J connectivity index is 1.54. The van der Waals surface area contributed by atoms with Gasteiger partial charge in [0.25, 0.3) is 0 Å². The molecule has 0 aliphatic carbocycles. The van der Waals surface area contributed by atoms with Crippen molar-refractivity contribution in [1.82, 2.24) is 19.6 Å². The molecule has 14 heteroatoms. The smallest absolute Gasteiger partial charge is 0.459 e. The summed E-state index contributed by atoms with van der Waals surface area (Å²) in [6.07, 6.45) is -0.482. The molecule has 38 heavy (non-hydrogen) atoms. The number of alkyl halides is 1. The van der Waals surface area contributed by atoms with E-state index in [-0.39, 0.29) is 18.5 Å². The summed E-state index contributed by atoms with van der Waals surface area (Å²) in [6, 6.07) is 9.04. The average molecular weight is 568 g/mol. The number of aliphatic hydroxyl groups is 1. The monoisotopic (exact) mass is 567 g/mol. The lowest BCUT2D eigenvalue weighted by molar-refractivity contribution is -0.149. The van der Waals surface area contributed by atoms with Crippen LogP contribution in [-0.4, -0.2) is 61.4 Å². The molecule has 4 N–H and O–H groups in total. The number of rotatable bonds is 10. The Morgan fingerprint density at radius 2 is 2.00 bits per heavy atom. The maximum Gasteiger partial charge on any atom is 0.459 e. The molecule has 206 valence electrons. The lowest BCUT2D eigenvalue weighted by Crippen LogP contribution is -2.40. The van der Waals surface area contributed by atoms with Crippen LogP contribution in [0, 0.1) is 0 Å². The number of fused-ring (bicyclic) bond motifs is 1. The molecule has 2 aromatic heterocycles. The highest BCUT2D eigenvalue weighted by molar-refractivity contribution is 7.52. The lowest BCUT2D eigenvalue weighted by atomic mass is 10.0. The van der Waals surface area contributed by atoms with E-state index in [1.165, 1.54) is 13.3 Å². The Hall–Kier alpha value is -2.73. The fraction of sp³-hybridized carbons (Fsp3) is 0.458. The van der Waals surface area contributed by atoms with E-state index in [0.29, 0.717) is 16.9 Å². The van der Waals surface area contributed by atoms with Crippen molar-refractivity contribution >= 4 is 42.2 Å². The number of esters is 1. The van der Waals surface area contributed by atoms with Gasteiger partial charge in [-0.05, 0) is 45.9 Å². The largest absolute Gasteiger partial charge is 0.462 e. The molecule has 1 saturated heterocycles. The number of nitrogens with zero attached hydrogens (tertiary/aromatic N) is 3. The molecule has 1 unspecified atom stereocenters. The third-order valence-corrected chi connectivity index (χ3v) is 8.00. The van der Waals surface area contributed by atoms with Crippen molar-refractivity contribution in [3.05, 3.63) is 48.9 Å². The summed E-state index contributed by atoms with van der Waals surface area (Å²) in [4.78, 5) is 19.3. The number of halogens is 1.